The Bertz CT molecular complexity index is 515. The fraction of sp³-hybridized carbons (Fsp3) is 0.167. The molecule has 0 radical (unpaired) electrons. The van der Waals surface area contributed by atoms with E-state index in [1.54, 1.807) is 12.3 Å². The summed E-state index contributed by atoms with van der Waals surface area (Å²) in [5.74, 6) is 1.11. The van der Waals surface area contributed by atoms with Gasteiger partial charge in [0.1, 0.15) is 5.82 Å². The van der Waals surface area contributed by atoms with Crippen LogP contribution in [0.1, 0.15) is 5.56 Å². The average Bonchev–Trinajstić information content (AvgIpc) is 2.32. The van der Waals surface area contributed by atoms with Gasteiger partial charge in [-0.05, 0) is 17.7 Å². The first kappa shape index (κ1) is 11.9. The first-order valence-corrected chi connectivity index (χ1v) is 5.99. The number of hydrogen-bond acceptors (Lipinski definition) is 4. The lowest BCUT2D eigenvalue weighted by Gasteiger charge is -2.17. The minimum atomic E-state index is 0.481. The van der Waals surface area contributed by atoms with E-state index in [2.05, 4.69) is 32.0 Å². The van der Waals surface area contributed by atoms with Crippen molar-refractivity contribution in [1.29, 1.82) is 0 Å². The molecule has 0 spiro atoms. The Hall–Kier alpha value is -1.62. The number of nitrogens with zero attached hydrogens (tertiary/aromatic N) is 3. The molecule has 0 aliphatic carbocycles. The van der Waals surface area contributed by atoms with Gasteiger partial charge in [-0.2, -0.15) is 4.98 Å². The lowest BCUT2D eigenvalue weighted by atomic mass is 10.2. The minimum absolute atomic E-state index is 0.481. The highest BCUT2D eigenvalue weighted by Gasteiger charge is 2.07. The van der Waals surface area contributed by atoms with Crippen molar-refractivity contribution < 1.29 is 0 Å². The van der Waals surface area contributed by atoms with Gasteiger partial charge in [0.15, 0.2) is 0 Å². The summed E-state index contributed by atoms with van der Waals surface area (Å²) < 4.78 is 1.08. The highest BCUT2D eigenvalue weighted by Crippen LogP contribution is 2.19. The van der Waals surface area contributed by atoms with Crippen LogP contribution in [-0.2, 0) is 6.54 Å². The molecule has 0 fully saturated rings. The number of hydrogen-bond donors (Lipinski definition) is 1. The molecule has 1 aromatic heterocycles. The number of anilines is 2. The molecule has 0 bridgehead atoms. The molecule has 0 aliphatic heterocycles. The number of halogens is 1. The van der Waals surface area contributed by atoms with Gasteiger partial charge < -0.3 is 10.6 Å². The second kappa shape index (κ2) is 5.14. The van der Waals surface area contributed by atoms with E-state index in [0.29, 0.717) is 11.8 Å². The second-order valence-corrected chi connectivity index (χ2v) is 4.58. The summed E-state index contributed by atoms with van der Waals surface area (Å²) in [4.78, 5) is 10.3. The molecule has 17 heavy (non-hydrogen) atoms. The lowest BCUT2D eigenvalue weighted by molar-refractivity contribution is 0.865. The molecular weight excluding hydrogens is 280 g/mol. The third kappa shape index (κ3) is 2.94. The van der Waals surface area contributed by atoms with Crippen LogP contribution >= 0.6 is 15.9 Å². The van der Waals surface area contributed by atoms with Crippen LogP contribution in [0.4, 0.5) is 11.8 Å². The first-order chi connectivity index (χ1) is 8.16. The first-order valence-electron chi connectivity index (χ1n) is 5.20. The van der Waals surface area contributed by atoms with Crippen molar-refractivity contribution in [3.8, 4) is 0 Å². The van der Waals surface area contributed by atoms with Crippen molar-refractivity contribution in [2.75, 3.05) is 17.7 Å². The second-order valence-electron chi connectivity index (χ2n) is 3.73. The molecule has 88 valence electrons. The largest absolute Gasteiger partial charge is 0.384 e. The van der Waals surface area contributed by atoms with Crippen LogP contribution in [0, 0.1) is 0 Å². The third-order valence-corrected chi connectivity index (χ3v) is 3.14. The smallest absolute Gasteiger partial charge is 0.227 e. The van der Waals surface area contributed by atoms with Crippen LogP contribution in [0.25, 0.3) is 0 Å². The van der Waals surface area contributed by atoms with Gasteiger partial charge in [0, 0.05) is 24.3 Å². The molecule has 1 aromatic carbocycles. The van der Waals surface area contributed by atoms with Crippen LogP contribution in [0.3, 0.4) is 0 Å². The summed E-state index contributed by atoms with van der Waals surface area (Å²) >= 11 is 3.52. The monoisotopic (exact) mass is 292 g/mol. The zero-order valence-electron chi connectivity index (χ0n) is 9.47. The van der Waals surface area contributed by atoms with Crippen LogP contribution in [0.2, 0.25) is 0 Å². The third-order valence-electron chi connectivity index (χ3n) is 2.37. The van der Waals surface area contributed by atoms with Crippen LogP contribution < -0.4 is 10.6 Å². The fourth-order valence-electron chi connectivity index (χ4n) is 1.50. The molecule has 1 heterocycles. The van der Waals surface area contributed by atoms with Crippen LogP contribution in [-0.4, -0.2) is 17.0 Å². The van der Waals surface area contributed by atoms with Crippen molar-refractivity contribution in [1.82, 2.24) is 9.97 Å². The Morgan fingerprint density at radius 1 is 1.29 bits per heavy atom. The summed E-state index contributed by atoms with van der Waals surface area (Å²) in [5.41, 5.74) is 6.81. The summed E-state index contributed by atoms with van der Waals surface area (Å²) in [6.45, 7) is 0.727. The van der Waals surface area contributed by atoms with E-state index in [0.717, 1.165) is 11.0 Å². The molecule has 0 amide bonds. The number of benzene rings is 1. The minimum Gasteiger partial charge on any atom is -0.384 e. The van der Waals surface area contributed by atoms with Crippen molar-refractivity contribution in [2.45, 2.75) is 6.54 Å². The molecule has 0 saturated heterocycles. The highest BCUT2D eigenvalue weighted by molar-refractivity contribution is 9.10. The number of rotatable bonds is 3. The molecular formula is C12H13BrN4. The van der Waals surface area contributed by atoms with Gasteiger partial charge in [0.25, 0.3) is 0 Å². The van der Waals surface area contributed by atoms with E-state index in [-0.39, 0.29) is 0 Å². The average molecular weight is 293 g/mol. The quantitative estimate of drug-likeness (QED) is 0.944. The summed E-state index contributed by atoms with van der Waals surface area (Å²) in [5, 5.41) is 0. The maximum atomic E-state index is 5.63. The molecule has 4 nitrogen and oxygen atoms in total. The van der Waals surface area contributed by atoms with Crippen molar-refractivity contribution in [2.24, 2.45) is 0 Å². The summed E-state index contributed by atoms with van der Waals surface area (Å²) in [6, 6.07) is 9.75. The summed E-state index contributed by atoms with van der Waals surface area (Å²) in [7, 11) is 1.94. The highest BCUT2D eigenvalue weighted by atomic mass is 79.9. The number of nitrogens with two attached hydrogens (primary N) is 1. The molecule has 0 saturated carbocycles. The molecule has 0 atom stereocenters. The Kier molecular flexibility index (Phi) is 3.58. The van der Waals surface area contributed by atoms with E-state index in [9.17, 15) is 0 Å². The predicted molar refractivity (Wildman–Crippen MR) is 72.7 cm³/mol. The van der Waals surface area contributed by atoms with Gasteiger partial charge in [0.2, 0.25) is 5.95 Å². The SMILES string of the molecule is CN(Cc1ccccc1Br)c1nccc(N)n1. The zero-order valence-corrected chi connectivity index (χ0v) is 11.1. The molecule has 5 heteroatoms. The van der Waals surface area contributed by atoms with E-state index in [4.69, 9.17) is 5.73 Å². The standard InChI is InChI=1S/C12H13BrN4/c1-17(12-15-7-6-11(14)16-12)8-9-4-2-3-5-10(9)13/h2-7H,8H2,1H3,(H2,14,15,16). The van der Waals surface area contributed by atoms with Gasteiger partial charge in [0.05, 0.1) is 0 Å². The van der Waals surface area contributed by atoms with Crippen LogP contribution in [0.5, 0.6) is 0 Å². The molecule has 0 aliphatic rings. The maximum absolute atomic E-state index is 5.63. The maximum Gasteiger partial charge on any atom is 0.227 e. The van der Waals surface area contributed by atoms with E-state index in [1.807, 2.05) is 30.1 Å². The van der Waals surface area contributed by atoms with Gasteiger partial charge in [-0.25, -0.2) is 4.98 Å². The molecule has 2 N–H and O–H groups in total. The molecule has 2 rings (SSSR count). The number of nitrogen functional groups attached to an aromatic ring is 1. The Balaban J connectivity index is 2.17. The Labute approximate surface area is 109 Å². The Morgan fingerprint density at radius 2 is 2.06 bits per heavy atom. The van der Waals surface area contributed by atoms with Gasteiger partial charge in [-0.3, -0.25) is 0 Å². The van der Waals surface area contributed by atoms with Gasteiger partial charge in [-0.1, -0.05) is 34.1 Å². The normalized spacial score (nSPS) is 10.2. The Morgan fingerprint density at radius 3 is 2.76 bits per heavy atom. The van der Waals surface area contributed by atoms with E-state index in [1.165, 1.54) is 5.56 Å². The zero-order chi connectivity index (χ0) is 12.3. The lowest BCUT2D eigenvalue weighted by Crippen LogP contribution is -2.19. The van der Waals surface area contributed by atoms with Crippen molar-refractivity contribution in [3.05, 3.63) is 46.6 Å². The van der Waals surface area contributed by atoms with Gasteiger partial charge in [-0.15, -0.1) is 0 Å². The van der Waals surface area contributed by atoms with Crippen molar-refractivity contribution in [3.63, 3.8) is 0 Å². The van der Waals surface area contributed by atoms with E-state index >= 15 is 0 Å². The predicted octanol–water partition coefficient (Wildman–Crippen LogP) is 2.46. The fourth-order valence-corrected chi connectivity index (χ4v) is 1.91. The summed E-state index contributed by atoms with van der Waals surface area (Å²) in [6.07, 6.45) is 1.66. The van der Waals surface area contributed by atoms with Crippen LogP contribution in [0.15, 0.2) is 41.0 Å². The van der Waals surface area contributed by atoms with Crippen molar-refractivity contribution >= 4 is 27.7 Å². The van der Waals surface area contributed by atoms with E-state index < -0.39 is 0 Å². The molecule has 2 aromatic rings. The number of aromatic nitrogens is 2. The van der Waals surface area contributed by atoms with Gasteiger partial charge >= 0.3 is 0 Å². The topological polar surface area (TPSA) is 55.0 Å². The molecule has 0 unspecified atom stereocenters.